The van der Waals surface area contributed by atoms with E-state index in [1.165, 1.54) is 5.56 Å². The number of aryl methyl sites for hydroxylation is 1. The number of nitrogens with one attached hydrogen (secondary N) is 2. The molecular formula is C24H28N4O. The number of anilines is 1. The predicted octanol–water partition coefficient (Wildman–Crippen LogP) is 4.36. The lowest BCUT2D eigenvalue weighted by Gasteiger charge is -2.32. The van der Waals surface area contributed by atoms with Gasteiger partial charge in [0.2, 0.25) is 5.91 Å². The second kappa shape index (κ2) is 9.52. The van der Waals surface area contributed by atoms with Gasteiger partial charge < -0.3 is 10.2 Å². The molecule has 5 heteroatoms. The average molecular weight is 389 g/mol. The number of nitrogens with zero attached hydrogens (tertiary/aromatic N) is 2. The molecule has 3 aromatic rings. The molecule has 1 amide bonds. The Kier molecular flexibility index (Phi) is 6.37. The Labute approximate surface area is 172 Å². The Hall–Kier alpha value is -2.92. The average Bonchev–Trinajstić information content (AvgIpc) is 3.30. The summed E-state index contributed by atoms with van der Waals surface area (Å²) in [6.07, 6.45) is 6.01. The van der Waals surface area contributed by atoms with Crippen LogP contribution >= 0.6 is 0 Å². The Bertz CT molecular complexity index is 890. The number of aromatic nitrogens is 2. The molecule has 2 N–H and O–H groups in total. The molecule has 0 aliphatic carbocycles. The fourth-order valence-electron chi connectivity index (χ4n) is 4.02. The van der Waals surface area contributed by atoms with Crippen molar-refractivity contribution < 1.29 is 4.79 Å². The van der Waals surface area contributed by atoms with E-state index in [0.717, 1.165) is 62.3 Å². The number of benzene rings is 2. The largest absolute Gasteiger partial charge is 0.326 e. The summed E-state index contributed by atoms with van der Waals surface area (Å²) in [6.45, 7) is 3.00. The molecule has 0 radical (unpaired) electrons. The summed E-state index contributed by atoms with van der Waals surface area (Å²) in [5.41, 5.74) is 4.26. The molecule has 4 rings (SSSR count). The van der Waals surface area contributed by atoms with E-state index in [9.17, 15) is 4.79 Å². The topological polar surface area (TPSA) is 61.0 Å². The minimum Gasteiger partial charge on any atom is -0.326 e. The van der Waals surface area contributed by atoms with Crippen LogP contribution in [-0.2, 0) is 11.2 Å². The third kappa shape index (κ3) is 5.33. The van der Waals surface area contributed by atoms with Crippen molar-refractivity contribution >= 4 is 11.6 Å². The van der Waals surface area contributed by atoms with Crippen molar-refractivity contribution in [3.05, 3.63) is 72.4 Å². The molecule has 1 unspecified atom stereocenters. The lowest BCUT2D eigenvalue weighted by Crippen LogP contribution is -2.41. The van der Waals surface area contributed by atoms with E-state index in [1.54, 1.807) is 6.20 Å². The molecule has 150 valence electrons. The van der Waals surface area contributed by atoms with Crippen molar-refractivity contribution in [2.75, 3.05) is 25.0 Å². The highest BCUT2D eigenvalue weighted by atomic mass is 16.1. The molecule has 1 saturated heterocycles. The third-order valence-corrected chi connectivity index (χ3v) is 5.62. The van der Waals surface area contributed by atoms with Crippen molar-refractivity contribution in [2.45, 2.75) is 25.7 Å². The Morgan fingerprint density at radius 3 is 2.69 bits per heavy atom. The first-order valence-electron chi connectivity index (χ1n) is 10.4. The summed E-state index contributed by atoms with van der Waals surface area (Å²) < 4.78 is 0. The van der Waals surface area contributed by atoms with Crippen LogP contribution in [0, 0.1) is 5.92 Å². The standard InChI is InChI=1S/C24H28N4O/c29-24(26-22-12-10-20(11-13-22)23-14-15-25-27-23)21-9-5-17-28(18-21)16-4-8-19-6-2-1-3-7-19/h1-3,6-7,10-15,21H,4-5,8-9,16-18H2,(H,25,27)(H,26,29). The van der Waals surface area contributed by atoms with Gasteiger partial charge in [-0.3, -0.25) is 9.89 Å². The smallest absolute Gasteiger partial charge is 0.228 e. The van der Waals surface area contributed by atoms with Crippen LogP contribution in [0.2, 0.25) is 0 Å². The fraction of sp³-hybridized carbons (Fsp3) is 0.333. The second-order valence-electron chi connectivity index (χ2n) is 7.77. The van der Waals surface area contributed by atoms with Crippen LogP contribution in [0.4, 0.5) is 5.69 Å². The zero-order valence-electron chi connectivity index (χ0n) is 16.7. The van der Waals surface area contributed by atoms with Gasteiger partial charge in [-0.2, -0.15) is 5.10 Å². The molecule has 2 heterocycles. The summed E-state index contributed by atoms with van der Waals surface area (Å²) in [6, 6.07) is 20.5. The van der Waals surface area contributed by atoms with E-state index in [-0.39, 0.29) is 11.8 Å². The summed E-state index contributed by atoms with van der Waals surface area (Å²) in [4.78, 5) is 15.2. The first-order valence-corrected chi connectivity index (χ1v) is 10.4. The maximum absolute atomic E-state index is 12.8. The van der Waals surface area contributed by atoms with Crippen molar-refractivity contribution in [1.82, 2.24) is 15.1 Å². The van der Waals surface area contributed by atoms with Gasteiger partial charge in [-0.15, -0.1) is 0 Å². The normalized spacial score (nSPS) is 17.2. The van der Waals surface area contributed by atoms with Crippen LogP contribution in [-0.4, -0.2) is 40.6 Å². The highest BCUT2D eigenvalue weighted by Gasteiger charge is 2.25. The van der Waals surface area contributed by atoms with Gasteiger partial charge in [0.15, 0.2) is 0 Å². The maximum Gasteiger partial charge on any atom is 0.228 e. The van der Waals surface area contributed by atoms with E-state index < -0.39 is 0 Å². The van der Waals surface area contributed by atoms with E-state index in [1.807, 2.05) is 30.3 Å². The first-order chi connectivity index (χ1) is 14.3. The predicted molar refractivity (Wildman–Crippen MR) is 117 cm³/mol. The van der Waals surface area contributed by atoms with E-state index in [2.05, 4.69) is 50.7 Å². The molecule has 2 aromatic carbocycles. The van der Waals surface area contributed by atoms with Gasteiger partial charge in [-0.1, -0.05) is 42.5 Å². The third-order valence-electron chi connectivity index (χ3n) is 5.62. The van der Waals surface area contributed by atoms with Crippen LogP contribution in [0.15, 0.2) is 66.9 Å². The molecule has 1 aliphatic heterocycles. The zero-order valence-corrected chi connectivity index (χ0v) is 16.7. The number of rotatable bonds is 7. The SMILES string of the molecule is O=C(Nc1ccc(-c2ccn[nH]2)cc1)C1CCCN(CCCc2ccccc2)C1. The number of piperidine rings is 1. The van der Waals surface area contributed by atoms with Crippen molar-refractivity contribution in [1.29, 1.82) is 0 Å². The van der Waals surface area contributed by atoms with E-state index in [0.29, 0.717) is 0 Å². The molecule has 0 bridgehead atoms. The lowest BCUT2D eigenvalue weighted by molar-refractivity contribution is -0.121. The molecule has 29 heavy (non-hydrogen) atoms. The summed E-state index contributed by atoms with van der Waals surface area (Å²) in [5, 5.41) is 10.0. The van der Waals surface area contributed by atoms with Crippen LogP contribution < -0.4 is 5.32 Å². The number of hydrogen-bond donors (Lipinski definition) is 2. The van der Waals surface area contributed by atoms with Crippen LogP contribution in [0.3, 0.4) is 0 Å². The number of likely N-dealkylation sites (tertiary alicyclic amines) is 1. The monoisotopic (exact) mass is 388 g/mol. The summed E-state index contributed by atoms with van der Waals surface area (Å²) in [5.74, 6) is 0.194. The Balaban J connectivity index is 1.26. The van der Waals surface area contributed by atoms with Gasteiger partial charge in [-0.05, 0) is 68.1 Å². The minimum absolute atomic E-state index is 0.0627. The Morgan fingerprint density at radius 2 is 1.93 bits per heavy atom. The number of aromatic amines is 1. The second-order valence-corrected chi connectivity index (χ2v) is 7.77. The Morgan fingerprint density at radius 1 is 1.10 bits per heavy atom. The number of carbonyl (C=O) groups excluding carboxylic acids is 1. The number of carbonyl (C=O) groups is 1. The van der Waals surface area contributed by atoms with Gasteiger partial charge in [-0.25, -0.2) is 0 Å². The van der Waals surface area contributed by atoms with Crippen LogP contribution in [0.5, 0.6) is 0 Å². The van der Waals surface area contributed by atoms with E-state index in [4.69, 9.17) is 0 Å². The molecule has 0 saturated carbocycles. The van der Waals surface area contributed by atoms with Crippen molar-refractivity contribution in [3.63, 3.8) is 0 Å². The molecular weight excluding hydrogens is 360 g/mol. The minimum atomic E-state index is 0.0627. The maximum atomic E-state index is 12.8. The molecule has 0 spiro atoms. The van der Waals surface area contributed by atoms with Crippen LogP contribution in [0.1, 0.15) is 24.8 Å². The summed E-state index contributed by atoms with van der Waals surface area (Å²) >= 11 is 0. The number of amides is 1. The molecule has 1 atom stereocenters. The molecule has 1 aromatic heterocycles. The van der Waals surface area contributed by atoms with E-state index >= 15 is 0 Å². The molecule has 1 aliphatic rings. The van der Waals surface area contributed by atoms with Crippen LogP contribution in [0.25, 0.3) is 11.3 Å². The van der Waals surface area contributed by atoms with Gasteiger partial charge in [0.1, 0.15) is 0 Å². The number of hydrogen-bond acceptors (Lipinski definition) is 3. The zero-order chi connectivity index (χ0) is 19.9. The fourth-order valence-corrected chi connectivity index (χ4v) is 4.02. The highest BCUT2D eigenvalue weighted by Crippen LogP contribution is 2.22. The molecule has 5 nitrogen and oxygen atoms in total. The van der Waals surface area contributed by atoms with Gasteiger partial charge in [0, 0.05) is 18.4 Å². The quantitative estimate of drug-likeness (QED) is 0.632. The van der Waals surface area contributed by atoms with Gasteiger partial charge >= 0.3 is 0 Å². The van der Waals surface area contributed by atoms with Gasteiger partial charge in [0.05, 0.1) is 11.6 Å². The van der Waals surface area contributed by atoms with Gasteiger partial charge in [0.25, 0.3) is 0 Å². The van der Waals surface area contributed by atoms with Crippen molar-refractivity contribution in [3.8, 4) is 11.3 Å². The number of H-pyrrole nitrogens is 1. The lowest BCUT2D eigenvalue weighted by atomic mass is 9.96. The molecule has 1 fully saturated rings. The first kappa shape index (κ1) is 19.4. The summed E-state index contributed by atoms with van der Waals surface area (Å²) in [7, 11) is 0. The highest BCUT2D eigenvalue weighted by molar-refractivity contribution is 5.93. The van der Waals surface area contributed by atoms with Crippen molar-refractivity contribution in [2.24, 2.45) is 5.92 Å².